The number of hydrogen-bond donors (Lipinski definition) is 0. The molecule has 1 heterocycles. The molecule has 5 heteroatoms. The van der Waals surface area contributed by atoms with Crippen molar-refractivity contribution < 1.29 is 9.72 Å². The Kier molecular flexibility index (Phi) is 3.53. The number of hydrogen-bond acceptors (Lipinski definition) is 4. The summed E-state index contributed by atoms with van der Waals surface area (Å²) >= 11 is 1.50. The molecule has 0 unspecified atom stereocenters. The highest BCUT2D eigenvalue weighted by molar-refractivity contribution is 7.10. The van der Waals surface area contributed by atoms with Crippen molar-refractivity contribution in [2.45, 2.75) is 13.3 Å². The third-order valence-corrected chi connectivity index (χ3v) is 3.52. The molecule has 0 fully saturated rings. The van der Waals surface area contributed by atoms with Crippen molar-refractivity contribution in [3.8, 4) is 0 Å². The van der Waals surface area contributed by atoms with Gasteiger partial charge in [0, 0.05) is 28.5 Å². The summed E-state index contributed by atoms with van der Waals surface area (Å²) in [4.78, 5) is 23.3. The Morgan fingerprint density at radius 3 is 2.78 bits per heavy atom. The lowest BCUT2D eigenvalue weighted by molar-refractivity contribution is -0.385. The fraction of sp³-hybridized carbons (Fsp3) is 0.154. The molecule has 0 aliphatic heterocycles. The van der Waals surface area contributed by atoms with Gasteiger partial charge in [-0.3, -0.25) is 14.9 Å². The molecule has 4 nitrogen and oxygen atoms in total. The van der Waals surface area contributed by atoms with Crippen LogP contribution >= 0.6 is 11.3 Å². The first-order valence-electron chi connectivity index (χ1n) is 5.38. The summed E-state index contributed by atoms with van der Waals surface area (Å²) in [5.41, 5.74) is 0.945. The SMILES string of the molecule is Cc1ccc(C(=O)Cc2cccs2)cc1[N+](=O)[O-]. The molecule has 0 saturated heterocycles. The number of carbonyl (C=O) groups is 1. The van der Waals surface area contributed by atoms with E-state index in [-0.39, 0.29) is 17.9 Å². The van der Waals surface area contributed by atoms with Crippen LogP contribution in [0.3, 0.4) is 0 Å². The molecule has 2 rings (SSSR count). The smallest absolute Gasteiger partial charge is 0.273 e. The minimum absolute atomic E-state index is 0.00738. The monoisotopic (exact) mass is 261 g/mol. The van der Waals surface area contributed by atoms with Crippen molar-refractivity contribution in [1.29, 1.82) is 0 Å². The Labute approximate surface area is 108 Å². The van der Waals surface area contributed by atoms with Crippen LogP contribution in [0, 0.1) is 17.0 Å². The van der Waals surface area contributed by atoms with Gasteiger partial charge in [0.05, 0.1) is 4.92 Å². The Hall–Kier alpha value is -2.01. The summed E-state index contributed by atoms with van der Waals surface area (Å²) in [5.74, 6) is -0.0967. The molecule has 0 spiro atoms. The first kappa shape index (κ1) is 12.4. The van der Waals surface area contributed by atoms with E-state index >= 15 is 0 Å². The van der Waals surface area contributed by atoms with E-state index < -0.39 is 4.92 Å². The summed E-state index contributed by atoms with van der Waals surface area (Å²) in [5, 5.41) is 12.7. The molecule has 0 amide bonds. The Morgan fingerprint density at radius 2 is 2.17 bits per heavy atom. The van der Waals surface area contributed by atoms with Gasteiger partial charge >= 0.3 is 0 Å². The Morgan fingerprint density at radius 1 is 1.39 bits per heavy atom. The number of aryl methyl sites for hydroxylation is 1. The second-order valence-electron chi connectivity index (χ2n) is 3.94. The molecule has 0 saturated carbocycles. The molecule has 18 heavy (non-hydrogen) atoms. The van der Waals surface area contributed by atoms with Crippen molar-refractivity contribution in [2.75, 3.05) is 0 Å². The number of nitrogens with zero attached hydrogens (tertiary/aromatic N) is 1. The van der Waals surface area contributed by atoms with E-state index in [9.17, 15) is 14.9 Å². The van der Waals surface area contributed by atoms with E-state index in [2.05, 4.69) is 0 Å². The summed E-state index contributed by atoms with van der Waals surface area (Å²) in [6.07, 6.45) is 0.290. The third kappa shape index (κ3) is 2.62. The molecule has 2 aromatic rings. The number of nitro groups is 1. The van der Waals surface area contributed by atoms with E-state index in [0.717, 1.165) is 4.88 Å². The number of rotatable bonds is 4. The zero-order chi connectivity index (χ0) is 13.1. The molecule has 0 atom stereocenters. The van der Waals surface area contributed by atoms with E-state index in [0.29, 0.717) is 11.1 Å². The second kappa shape index (κ2) is 5.10. The molecular formula is C13H11NO3S. The van der Waals surface area contributed by atoms with Crippen LogP contribution in [0.5, 0.6) is 0 Å². The minimum Gasteiger partial charge on any atom is -0.294 e. The van der Waals surface area contributed by atoms with Gasteiger partial charge in [0.25, 0.3) is 5.69 Å². The van der Waals surface area contributed by atoms with Crippen molar-refractivity contribution in [2.24, 2.45) is 0 Å². The standard InChI is InChI=1S/C13H11NO3S/c1-9-4-5-10(7-12(9)14(16)17)13(15)8-11-3-2-6-18-11/h2-7H,8H2,1H3. The minimum atomic E-state index is -0.461. The zero-order valence-corrected chi connectivity index (χ0v) is 10.6. The summed E-state index contributed by atoms with van der Waals surface area (Å²) in [7, 11) is 0. The highest BCUT2D eigenvalue weighted by atomic mass is 32.1. The van der Waals surface area contributed by atoms with E-state index in [1.165, 1.54) is 17.4 Å². The van der Waals surface area contributed by atoms with E-state index in [1.807, 2.05) is 17.5 Å². The Balaban J connectivity index is 2.26. The fourth-order valence-corrected chi connectivity index (χ4v) is 2.36. The lowest BCUT2D eigenvalue weighted by Gasteiger charge is -2.01. The molecule has 0 aliphatic rings. The lowest BCUT2D eigenvalue weighted by atomic mass is 10.0. The number of Topliss-reactive ketones (excluding diaryl/α,β-unsaturated/α-hetero) is 1. The summed E-state index contributed by atoms with van der Waals surface area (Å²) < 4.78 is 0. The van der Waals surface area contributed by atoms with Crippen LogP contribution in [0.15, 0.2) is 35.7 Å². The number of nitro benzene ring substituents is 1. The fourth-order valence-electron chi connectivity index (χ4n) is 1.65. The van der Waals surface area contributed by atoms with Crippen LogP contribution in [0.25, 0.3) is 0 Å². The predicted octanol–water partition coefficient (Wildman–Crippen LogP) is 3.39. The third-order valence-electron chi connectivity index (χ3n) is 2.64. The number of carbonyl (C=O) groups excluding carboxylic acids is 1. The van der Waals surface area contributed by atoms with Gasteiger partial charge < -0.3 is 0 Å². The predicted molar refractivity (Wildman–Crippen MR) is 70.2 cm³/mol. The molecule has 1 aromatic heterocycles. The van der Waals surface area contributed by atoms with Gasteiger partial charge in [0.2, 0.25) is 0 Å². The van der Waals surface area contributed by atoms with E-state index in [1.54, 1.807) is 19.1 Å². The maximum Gasteiger partial charge on any atom is 0.273 e. The van der Waals surface area contributed by atoms with Crippen molar-refractivity contribution in [3.05, 3.63) is 61.8 Å². The molecule has 0 N–H and O–H groups in total. The van der Waals surface area contributed by atoms with Gasteiger partial charge in [-0.05, 0) is 18.4 Å². The quantitative estimate of drug-likeness (QED) is 0.481. The lowest BCUT2D eigenvalue weighted by Crippen LogP contribution is -2.03. The average molecular weight is 261 g/mol. The highest BCUT2D eigenvalue weighted by Gasteiger charge is 2.15. The van der Waals surface area contributed by atoms with Crippen LogP contribution in [-0.4, -0.2) is 10.7 Å². The van der Waals surface area contributed by atoms with Crippen molar-refractivity contribution in [1.82, 2.24) is 0 Å². The molecule has 1 aromatic carbocycles. The van der Waals surface area contributed by atoms with Gasteiger partial charge in [-0.2, -0.15) is 0 Å². The van der Waals surface area contributed by atoms with Gasteiger partial charge in [-0.15, -0.1) is 11.3 Å². The molecule has 0 bridgehead atoms. The van der Waals surface area contributed by atoms with Crippen LogP contribution < -0.4 is 0 Å². The zero-order valence-electron chi connectivity index (χ0n) is 9.75. The number of thiophene rings is 1. The van der Waals surface area contributed by atoms with Crippen LogP contribution in [0.2, 0.25) is 0 Å². The van der Waals surface area contributed by atoms with Gasteiger partial charge in [0.1, 0.15) is 0 Å². The van der Waals surface area contributed by atoms with Crippen LogP contribution in [-0.2, 0) is 6.42 Å². The number of benzene rings is 1. The van der Waals surface area contributed by atoms with Crippen molar-refractivity contribution in [3.63, 3.8) is 0 Å². The normalized spacial score (nSPS) is 10.3. The van der Waals surface area contributed by atoms with Gasteiger partial charge in [-0.25, -0.2) is 0 Å². The van der Waals surface area contributed by atoms with Crippen molar-refractivity contribution >= 4 is 22.8 Å². The highest BCUT2D eigenvalue weighted by Crippen LogP contribution is 2.21. The maximum atomic E-state index is 12.0. The van der Waals surface area contributed by atoms with Crippen LogP contribution in [0.4, 0.5) is 5.69 Å². The molecule has 0 radical (unpaired) electrons. The largest absolute Gasteiger partial charge is 0.294 e. The number of ketones is 1. The maximum absolute atomic E-state index is 12.0. The van der Waals surface area contributed by atoms with E-state index in [4.69, 9.17) is 0 Å². The average Bonchev–Trinajstić information content (AvgIpc) is 2.81. The summed E-state index contributed by atoms with van der Waals surface area (Å²) in [6, 6.07) is 8.36. The molecule has 0 aliphatic carbocycles. The Bertz CT molecular complexity index is 590. The van der Waals surface area contributed by atoms with Crippen LogP contribution in [0.1, 0.15) is 20.8 Å². The molecule has 92 valence electrons. The second-order valence-corrected chi connectivity index (χ2v) is 4.97. The first-order valence-corrected chi connectivity index (χ1v) is 6.26. The topological polar surface area (TPSA) is 60.2 Å². The summed E-state index contributed by atoms with van der Waals surface area (Å²) in [6.45, 7) is 1.66. The van der Waals surface area contributed by atoms with Gasteiger partial charge in [0.15, 0.2) is 5.78 Å². The van der Waals surface area contributed by atoms with Gasteiger partial charge in [-0.1, -0.05) is 18.2 Å². The molecular weight excluding hydrogens is 250 g/mol. The first-order chi connectivity index (χ1) is 8.58.